The standard InChI is InChI=1S/C18H22N4O4/c23-17-11-21-14(10-20(17)13-6-2-1-3-7-13)12-26-18(21)19-15-8-4-5-9-16(15)22(24)25/h4-5,8-9,13-14H,1-3,6-7,10-12H2. The van der Waals surface area contributed by atoms with E-state index in [0.29, 0.717) is 25.2 Å². The molecule has 0 N–H and O–H groups in total. The summed E-state index contributed by atoms with van der Waals surface area (Å²) in [5.41, 5.74) is 0.175. The van der Waals surface area contributed by atoms with Gasteiger partial charge in [0, 0.05) is 18.7 Å². The van der Waals surface area contributed by atoms with E-state index in [1.807, 2.05) is 9.80 Å². The van der Waals surface area contributed by atoms with E-state index in [4.69, 9.17) is 4.74 Å². The van der Waals surface area contributed by atoms with Crippen LogP contribution < -0.4 is 0 Å². The van der Waals surface area contributed by atoms with Gasteiger partial charge in [-0.05, 0) is 18.9 Å². The van der Waals surface area contributed by atoms with Crippen molar-refractivity contribution in [2.24, 2.45) is 4.99 Å². The Hall–Kier alpha value is -2.64. The fourth-order valence-electron chi connectivity index (χ4n) is 4.07. The number of piperazine rings is 1. The van der Waals surface area contributed by atoms with E-state index in [9.17, 15) is 14.9 Å². The minimum Gasteiger partial charge on any atom is -0.463 e. The number of carbonyl (C=O) groups excluding carboxylic acids is 1. The highest BCUT2D eigenvalue weighted by Gasteiger charge is 2.42. The summed E-state index contributed by atoms with van der Waals surface area (Å²) in [7, 11) is 0. The summed E-state index contributed by atoms with van der Waals surface area (Å²) < 4.78 is 5.70. The SMILES string of the molecule is O=C1CN2C(=Nc3ccccc3[N+](=O)[O-])OCC2CN1C1CCCCC1. The predicted molar refractivity (Wildman–Crippen MR) is 95.2 cm³/mol. The second-order valence-corrected chi connectivity index (χ2v) is 7.07. The second-order valence-electron chi connectivity index (χ2n) is 7.07. The molecule has 1 unspecified atom stereocenters. The van der Waals surface area contributed by atoms with Gasteiger partial charge in [-0.15, -0.1) is 0 Å². The molecule has 138 valence electrons. The summed E-state index contributed by atoms with van der Waals surface area (Å²) in [6.45, 7) is 1.32. The number of nitrogens with zero attached hydrogens (tertiary/aromatic N) is 4. The van der Waals surface area contributed by atoms with Crippen molar-refractivity contribution >= 4 is 23.3 Å². The molecule has 0 spiro atoms. The summed E-state index contributed by atoms with van der Waals surface area (Å²) in [4.78, 5) is 31.6. The topological polar surface area (TPSA) is 88.3 Å². The summed E-state index contributed by atoms with van der Waals surface area (Å²) in [6, 6.07) is 7.02. The first-order valence-electron chi connectivity index (χ1n) is 9.14. The molecule has 1 aliphatic carbocycles. The largest absolute Gasteiger partial charge is 0.463 e. The van der Waals surface area contributed by atoms with Crippen molar-refractivity contribution in [3.63, 3.8) is 0 Å². The third-order valence-electron chi connectivity index (χ3n) is 5.43. The molecule has 8 nitrogen and oxygen atoms in total. The van der Waals surface area contributed by atoms with Crippen molar-refractivity contribution in [1.82, 2.24) is 9.80 Å². The Morgan fingerprint density at radius 1 is 1.12 bits per heavy atom. The monoisotopic (exact) mass is 358 g/mol. The number of hydrogen-bond donors (Lipinski definition) is 0. The number of para-hydroxylation sites is 2. The van der Waals surface area contributed by atoms with Gasteiger partial charge in [-0.3, -0.25) is 14.9 Å². The van der Waals surface area contributed by atoms with E-state index < -0.39 is 4.92 Å². The van der Waals surface area contributed by atoms with Crippen molar-refractivity contribution in [3.05, 3.63) is 34.4 Å². The summed E-state index contributed by atoms with van der Waals surface area (Å²) in [6.07, 6.45) is 5.78. The number of nitro groups is 1. The normalized spacial score (nSPS) is 25.3. The van der Waals surface area contributed by atoms with Crippen molar-refractivity contribution in [3.8, 4) is 0 Å². The number of aliphatic imine (C=N–C) groups is 1. The van der Waals surface area contributed by atoms with E-state index >= 15 is 0 Å². The van der Waals surface area contributed by atoms with E-state index in [1.165, 1.54) is 25.3 Å². The van der Waals surface area contributed by atoms with Crippen LogP contribution in [-0.2, 0) is 9.53 Å². The molecular weight excluding hydrogens is 336 g/mol. The van der Waals surface area contributed by atoms with Crippen LogP contribution in [0.15, 0.2) is 29.3 Å². The van der Waals surface area contributed by atoms with Gasteiger partial charge < -0.3 is 14.5 Å². The first-order chi connectivity index (χ1) is 12.6. The van der Waals surface area contributed by atoms with Gasteiger partial charge in [0.05, 0.1) is 11.0 Å². The van der Waals surface area contributed by atoms with E-state index in [0.717, 1.165) is 12.8 Å². The van der Waals surface area contributed by atoms with Crippen molar-refractivity contribution in [2.75, 3.05) is 19.7 Å². The first kappa shape index (κ1) is 16.8. The molecule has 1 aromatic carbocycles. The molecule has 0 aromatic heterocycles. The maximum Gasteiger partial charge on any atom is 0.295 e. The van der Waals surface area contributed by atoms with Gasteiger partial charge in [-0.2, -0.15) is 4.99 Å². The lowest BCUT2D eigenvalue weighted by molar-refractivity contribution is -0.384. The lowest BCUT2D eigenvalue weighted by Gasteiger charge is -2.41. The van der Waals surface area contributed by atoms with Gasteiger partial charge in [0.25, 0.3) is 11.7 Å². The Morgan fingerprint density at radius 3 is 2.65 bits per heavy atom. The van der Waals surface area contributed by atoms with E-state index in [1.54, 1.807) is 18.2 Å². The van der Waals surface area contributed by atoms with Crippen molar-refractivity contribution in [1.29, 1.82) is 0 Å². The zero-order valence-corrected chi connectivity index (χ0v) is 14.5. The van der Waals surface area contributed by atoms with Crippen LogP contribution in [-0.4, -0.2) is 58.4 Å². The van der Waals surface area contributed by atoms with Gasteiger partial charge in [0.2, 0.25) is 5.91 Å². The fraction of sp³-hybridized carbons (Fsp3) is 0.556. The maximum atomic E-state index is 12.7. The summed E-state index contributed by atoms with van der Waals surface area (Å²) >= 11 is 0. The number of nitro benzene ring substituents is 1. The average Bonchev–Trinajstić information content (AvgIpc) is 3.04. The molecular formula is C18H22N4O4. The zero-order valence-electron chi connectivity index (χ0n) is 14.5. The van der Waals surface area contributed by atoms with E-state index in [2.05, 4.69) is 4.99 Å². The van der Waals surface area contributed by atoms with Crippen LogP contribution in [0.1, 0.15) is 32.1 Å². The van der Waals surface area contributed by atoms with Crippen molar-refractivity contribution in [2.45, 2.75) is 44.2 Å². The Kier molecular flexibility index (Phi) is 4.48. The van der Waals surface area contributed by atoms with Crippen LogP contribution in [0.5, 0.6) is 0 Å². The number of amidine groups is 1. The highest BCUT2D eigenvalue weighted by molar-refractivity contribution is 5.88. The van der Waals surface area contributed by atoms with Crippen LogP contribution in [0.25, 0.3) is 0 Å². The fourth-order valence-corrected chi connectivity index (χ4v) is 4.07. The van der Waals surface area contributed by atoms with Crippen LogP contribution >= 0.6 is 0 Å². The molecule has 26 heavy (non-hydrogen) atoms. The highest BCUT2D eigenvalue weighted by atomic mass is 16.6. The highest BCUT2D eigenvalue weighted by Crippen LogP contribution is 2.30. The van der Waals surface area contributed by atoms with Gasteiger partial charge in [-0.25, -0.2) is 0 Å². The maximum absolute atomic E-state index is 12.7. The third kappa shape index (κ3) is 3.11. The number of fused-ring (bicyclic) bond motifs is 1. The molecule has 2 saturated heterocycles. The number of benzene rings is 1. The second kappa shape index (κ2) is 6.93. The van der Waals surface area contributed by atoms with Crippen LogP contribution in [0, 0.1) is 10.1 Å². The Balaban J connectivity index is 1.53. The molecule has 4 rings (SSSR count). The molecule has 1 aromatic rings. The number of carbonyl (C=O) groups is 1. The zero-order chi connectivity index (χ0) is 18.1. The number of ether oxygens (including phenoxy) is 1. The molecule has 1 atom stereocenters. The lowest BCUT2D eigenvalue weighted by Crippen LogP contribution is -2.58. The number of rotatable bonds is 3. The first-order valence-corrected chi connectivity index (χ1v) is 9.14. The lowest BCUT2D eigenvalue weighted by atomic mass is 9.93. The molecule has 8 heteroatoms. The smallest absolute Gasteiger partial charge is 0.295 e. The van der Waals surface area contributed by atoms with Crippen LogP contribution in [0.4, 0.5) is 11.4 Å². The Morgan fingerprint density at radius 2 is 1.88 bits per heavy atom. The molecule has 2 aliphatic heterocycles. The molecule has 0 radical (unpaired) electrons. The molecule has 3 fully saturated rings. The Bertz CT molecular complexity index is 744. The third-order valence-corrected chi connectivity index (χ3v) is 5.43. The van der Waals surface area contributed by atoms with Crippen molar-refractivity contribution < 1.29 is 14.5 Å². The van der Waals surface area contributed by atoms with Crippen LogP contribution in [0.2, 0.25) is 0 Å². The molecule has 2 heterocycles. The molecule has 0 bridgehead atoms. The molecule has 1 amide bonds. The van der Waals surface area contributed by atoms with E-state index in [-0.39, 0.29) is 29.9 Å². The summed E-state index contributed by atoms with van der Waals surface area (Å²) in [5.74, 6) is 0.0916. The number of hydrogen-bond acceptors (Lipinski definition) is 5. The molecule has 3 aliphatic rings. The molecule has 1 saturated carbocycles. The van der Waals surface area contributed by atoms with Gasteiger partial charge in [-0.1, -0.05) is 31.4 Å². The number of amides is 1. The van der Waals surface area contributed by atoms with Gasteiger partial charge in [0.1, 0.15) is 18.8 Å². The van der Waals surface area contributed by atoms with Gasteiger partial charge in [0.15, 0.2) is 0 Å². The predicted octanol–water partition coefficient (Wildman–Crippen LogP) is 2.46. The van der Waals surface area contributed by atoms with Crippen LogP contribution in [0.3, 0.4) is 0 Å². The summed E-state index contributed by atoms with van der Waals surface area (Å²) in [5, 5.41) is 11.2. The Labute approximate surface area is 151 Å². The minimum absolute atomic E-state index is 0.0659. The van der Waals surface area contributed by atoms with Gasteiger partial charge >= 0.3 is 0 Å². The minimum atomic E-state index is -0.460. The average molecular weight is 358 g/mol. The quantitative estimate of drug-likeness (QED) is 0.612.